The van der Waals surface area contributed by atoms with Crippen molar-refractivity contribution in [2.75, 3.05) is 43.2 Å². The van der Waals surface area contributed by atoms with Crippen LogP contribution in [0.1, 0.15) is 44.2 Å². The summed E-state index contributed by atoms with van der Waals surface area (Å²) in [5.41, 5.74) is 6.19. The first-order chi connectivity index (χ1) is 16.0. The molecule has 178 valence electrons. The van der Waals surface area contributed by atoms with Crippen molar-refractivity contribution in [2.45, 2.75) is 46.1 Å². The van der Waals surface area contributed by atoms with E-state index in [1.165, 1.54) is 5.56 Å². The number of carbonyl (C=O) groups is 1. The Morgan fingerprint density at radius 2 is 2.12 bits per heavy atom. The summed E-state index contributed by atoms with van der Waals surface area (Å²) in [4.78, 5) is 18.6. The highest BCUT2D eigenvalue weighted by Crippen LogP contribution is 2.25. The van der Waals surface area contributed by atoms with Gasteiger partial charge in [-0.05, 0) is 32.3 Å². The van der Waals surface area contributed by atoms with E-state index >= 15 is 0 Å². The first-order valence-electron chi connectivity index (χ1n) is 11.6. The number of hydrogen-bond acceptors (Lipinski definition) is 8. The predicted molar refractivity (Wildman–Crippen MR) is 130 cm³/mol. The van der Waals surface area contributed by atoms with Gasteiger partial charge in [-0.15, -0.1) is 0 Å². The van der Waals surface area contributed by atoms with Crippen molar-refractivity contribution in [2.24, 2.45) is 5.10 Å². The van der Waals surface area contributed by atoms with E-state index in [4.69, 9.17) is 14.2 Å². The van der Waals surface area contributed by atoms with E-state index in [1.807, 2.05) is 51.1 Å². The Labute approximate surface area is 195 Å². The van der Waals surface area contributed by atoms with Crippen LogP contribution in [0.3, 0.4) is 0 Å². The maximum Gasteiger partial charge on any atom is 0.306 e. The zero-order valence-corrected chi connectivity index (χ0v) is 19.8. The van der Waals surface area contributed by atoms with Crippen molar-refractivity contribution >= 4 is 23.7 Å². The maximum atomic E-state index is 11.9. The fraction of sp³-hybridized carbons (Fsp3) is 0.480. The average molecular weight is 455 g/mol. The molecule has 3 rings (SSSR count). The molecule has 1 fully saturated rings. The first kappa shape index (κ1) is 24.5. The van der Waals surface area contributed by atoms with Gasteiger partial charge in [-0.25, -0.2) is 0 Å². The maximum absolute atomic E-state index is 11.9. The number of anilines is 2. The Bertz CT molecular complexity index is 928. The van der Waals surface area contributed by atoms with Gasteiger partial charge in [-0.1, -0.05) is 36.8 Å². The minimum atomic E-state index is -0.198. The van der Waals surface area contributed by atoms with Crippen molar-refractivity contribution in [3.05, 3.63) is 47.5 Å². The van der Waals surface area contributed by atoms with Crippen LogP contribution in [0.15, 0.2) is 41.5 Å². The van der Waals surface area contributed by atoms with Gasteiger partial charge in [-0.3, -0.25) is 10.2 Å². The Hall–Kier alpha value is -3.13. The molecule has 1 unspecified atom stereocenters. The van der Waals surface area contributed by atoms with Crippen LogP contribution in [0, 0.1) is 6.92 Å². The smallest absolute Gasteiger partial charge is 0.306 e. The van der Waals surface area contributed by atoms with E-state index in [2.05, 4.69) is 26.5 Å². The molecule has 1 saturated heterocycles. The number of rotatable bonds is 11. The van der Waals surface area contributed by atoms with Gasteiger partial charge < -0.3 is 19.1 Å². The second-order valence-electron chi connectivity index (χ2n) is 8.09. The van der Waals surface area contributed by atoms with E-state index in [0.717, 1.165) is 30.8 Å². The number of aromatic nitrogens is 1. The second kappa shape index (κ2) is 12.8. The first-order valence-corrected chi connectivity index (χ1v) is 11.6. The largest absolute Gasteiger partial charge is 0.478 e. The van der Waals surface area contributed by atoms with Crippen LogP contribution >= 0.6 is 0 Å². The summed E-state index contributed by atoms with van der Waals surface area (Å²) in [6.45, 7) is 9.28. The molecule has 1 aliphatic rings. The predicted octanol–water partition coefficient (Wildman–Crippen LogP) is 4.17. The van der Waals surface area contributed by atoms with Crippen molar-refractivity contribution in [3.63, 3.8) is 0 Å². The van der Waals surface area contributed by atoms with Crippen LogP contribution in [0.4, 0.5) is 11.5 Å². The number of nitrogens with one attached hydrogen (secondary N) is 1. The molecule has 0 saturated carbocycles. The highest BCUT2D eigenvalue weighted by Gasteiger charge is 2.14. The summed E-state index contributed by atoms with van der Waals surface area (Å²) in [6.07, 6.45) is 3.40. The normalized spacial score (nSPS) is 14.8. The van der Waals surface area contributed by atoms with Crippen molar-refractivity contribution in [1.29, 1.82) is 0 Å². The van der Waals surface area contributed by atoms with Gasteiger partial charge in [0.1, 0.15) is 0 Å². The van der Waals surface area contributed by atoms with Gasteiger partial charge in [0.2, 0.25) is 5.88 Å². The molecule has 0 spiro atoms. The van der Waals surface area contributed by atoms with Crippen LogP contribution in [0.5, 0.6) is 5.88 Å². The monoisotopic (exact) mass is 454 g/mol. The van der Waals surface area contributed by atoms with Crippen LogP contribution in [0.25, 0.3) is 0 Å². The summed E-state index contributed by atoms with van der Waals surface area (Å²) < 4.78 is 16.6. The van der Waals surface area contributed by atoms with Gasteiger partial charge in [0, 0.05) is 37.3 Å². The number of pyridine rings is 1. The number of carbonyl (C=O) groups excluding carboxylic acids is 1. The molecule has 1 atom stereocenters. The molecule has 33 heavy (non-hydrogen) atoms. The van der Waals surface area contributed by atoms with Crippen molar-refractivity contribution in [3.8, 4) is 5.88 Å². The van der Waals surface area contributed by atoms with E-state index in [0.29, 0.717) is 44.4 Å². The zero-order valence-electron chi connectivity index (χ0n) is 19.8. The molecule has 8 heteroatoms. The lowest BCUT2D eigenvalue weighted by Crippen LogP contribution is -2.36. The Morgan fingerprint density at radius 1 is 1.30 bits per heavy atom. The minimum Gasteiger partial charge on any atom is -0.478 e. The SMILES string of the molecule is CCC(C)OC(=O)CCCOc1cc(N2CCOCC2)cc(NN=Cc2cccc(C)c2)n1. The molecular formula is C25H34N4O4. The lowest BCUT2D eigenvalue weighted by molar-refractivity contribution is -0.148. The zero-order chi connectivity index (χ0) is 23.5. The molecule has 1 aliphatic heterocycles. The number of aryl methyl sites for hydroxylation is 1. The number of benzene rings is 1. The topological polar surface area (TPSA) is 85.3 Å². The summed E-state index contributed by atoms with van der Waals surface area (Å²) in [5, 5.41) is 4.34. The number of nitrogens with zero attached hydrogens (tertiary/aromatic N) is 3. The molecule has 0 aliphatic carbocycles. The number of ether oxygens (including phenoxy) is 3. The minimum absolute atomic E-state index is 0.0562. The summed E-state index contributed by atoms with van der Waals surface area (Å²) in [6, 6.07) is 12.0. The third-order valence-corrected chi connectivity index (χ3v) is 5.28. The number of morpholine rings is 1. The third-order valence-electron chi connectivity index (χ3n) is 5.28. The summed E-state index contributed by atoms with van der Waals surface area (Å²) in [5.74, 6) is 0.882. The number of hydrogen-bond donors (Lipinski definition) is 1. The Morgan fingerprint density at radius 3 is 2.88 bits per heavy atom. The van der Waals surface area contributed by atoms with Gasteiger partial charge in [0.25, 0.3) is 0 Å². The van der Waals surface area contributed by atoms with Gasteiger partial charge in [0.05, 0.1) is 32.1 Å². The molecule has 1 aromatic heterocycles. The van der Waals surface area contributed by atoms with Crippen LogP contribution < -0.4 is 15.1 Å². The van der Waals surface area contributed by atoms with Gasteiger partial charge in [-0.2, -0.15) is 10.1 Å². The fourth-order valence-corrected chi connectivity index (χ4v) is 3.31. The molecule has 2 heterocycles. The van der Waals surface area contributed by atoms with Crippen molar-refractivity contribution < 1.29 is 19.0 Å². The molecule has 1 N–H and O–H groups in total. The Kier molecular flexibility index (Phi) is 9.50. The summed E-state index contributed by atoms with van der Waals surface area (Å²) >= 11 is 0. The quantitative estimate of drug-likeness (QED) is 0.236. The van der Waals surface area contributed by atoms with Crippen molar-refractivity contribution in [1.82, 2.24) is 4.98 Å². The molecule has 0 amide bonds. The molecule has 2 aromatic rings. The molecular weight excluding hydrogens is 420 g/mol. The highest BCUT2D eigenvalue weighted by atomic mass is 16.5. The number of esters is 1. The molecule has 8 nitrogen and oxygen atoms in total. The van der Waals surface area contributed by atoms with Gasteiger partial charge in [0.15, 0.2) is 5.82 Å². The Balaban J connectivity index is 1.62. The molecule has 0 bridgehead atoms. The standard InChI is InChI=1S/C25H34N4O4/c1-4-20(3)33-25(30)9-6-12-32-24-17-22(29-10-13-31-14-11-29)16-23(27-24)28-26-18-21-8-5-7-19(2)15-21/h5,7-8,15-18,20H,4,6,9-14H2,1-3H3,(H,27,28). The third kappa shape index (κ3) is 8.38. The lowest BCUT2D eigenvalue weighted by Gasteiger charge is -2.29. The molecule has 1 aromatic carbocycles. The second-order valence-corrected chi connectivity index (χ2v) is 8.09. The summed E-state index contributed by atoms with van der Waals surface area (Å²) in [7, 11) is 0. The highest BCUT2D eigenvalue weighted by molar-refractivity contribution is 5.80. The fourth-order valence-electron chi connectivity index (χ4n) is 3.31. The van der Waals surface area contributed by atoms with E-state index in [9.17, 15) is 4.79 Å². The van der Waals surface area contributed by atoms with Gasteiger partial charge >= 0.3 is 5.97 Å². The van der Waals surface area contributed by atoms with Crippen LogP contribution in [-0.2, 0) is 14.3 Å². The molecule has 0 radical (unpaired) electrons. The van der Waals surface area contributed by atoms with Crippen LogP contribution in [0.2, 0.25) is 0 Å². The van der Waals surface area contributed by atoms with E-state index in [-0.39, 0.29) is 12.1 Å². The average Bonchev–Trinajstić information content (AvgIpc) is 2.82. The van der Waals surface area contributed by atoms with Crippen LogP contribution in [-0.4, -0.2) is 56.2 Å². The lowest BCUT2D eigenvalue weighted by atomic mass is 10.2. The van der Waals surface area contributed by atoms with E-state index < -0.39 is 0 Å². The number of hydrazone groups is 1. The van der Waals surface area contributed by atoms with E-state index in [1.54, 1.807) is 6.21 Å².